The first-order valence-electron chi connectivity index (χ1n) is 37.4. The average molecular weight is 1660 g/mol. The number of carbonyl (C=O) groups excluding carboxylic acids is 6. The van der Waals surface area contributed by atoms with Crippen molar-refractivity contribution in [3.63, 3.8) is 0 Å². The minimum Gasteiger partial charge on any atom is -0.471 e. The Balaban J connectivity index is 0.902. The molecule has 16 N–H and O–H groups in total. The van der Waals surface area contributed by atoms with Gasteiger partial charge in [0.25, 0.3) is 0 Å². The van der Waals surface area contributed by atoms with E-state index in [9.17, 15) is 110 Å². The van der Waals surface area contributed by atoms with Crippen molar-refractivity contribution >= 4 is 35.8 Å². The van der Waals surface area contributed by atoms with E-state index in [0.29, 0.717) is 5.57 Å². The molecule has 0 aromatic rings. The molecule has 0 spiro atoms. The van der Waals surface area contributed by atoms with Gasteiger partial charge < -0.3 is 167 Å². The van der Waals surface area contributed by atoms with Crippen LogP contribution in [0.4, 0.5) is 0 Å². The van der Waals surface area contributed by atoms with E-state index < -0.39 is 271 Å². The van der Waals surface area contributed by atoms with Gasteiger partial charge in [-0.15, -0.1) is 26.3 Å². The Morgan fingerprint density at radius 1 is 0.371 bits per heavy atom. The van der Waals surface area contributed by atoms with Gasteiger partial charge in [-0.05, 0) is 52.4 Å². The highest BCUT2D eigenvalue weighted by Crippen LogP contribution is 2.43. The van der Waals surface area contributed by atoms with Crippen LogP contribution in [-0.4, -0.2) is 333 Å². The summed E-state index contributed by atoms with van der Waals surface area (Å²) in [6.45, 7) is 13.8. The summed E-state index contributed by atoms with van der Waals surface area (Å²) in [5, 5.41) is 166. The predicted molar refractivity (Wildman–Crippen MR) is 383 cm³/mol. The van der Waals surface area contributed by atoms with Gasteiger partial charge in [0.05, 0.1) is 114 Å². The number of methoxy groups -OCH3 is 2. The van der Waals surface area contributed by atoms with Crippen molar-refractivity contribution in [2.24, 2.45) is 47.3 Å². The largest absolute Gasteiger partial charge is 0.471 e. The Labute approximate surface area is 665 Å². The summed E-state index contributed by atoms with van der Waals surface area (Å²) in [4.78, 5) is 82.0. The van der Waals surface area contributed by atoms with Gasteiger partial charge in [-0.2, -0.15) is 0 Å². The lowest BCUT2D eigenvalue weighted by molar-refractivity contribution is -0.339. The SMILES string of the molecule is C=CC1C(OC2OC(CO)C(O)C(O)C2O)OC=C(C(=O)OC)C1CCOC(=O)C1=COC(OC2OC(CO)C(O)C(O)C2O)C(C=C)C1CCOC(=O)C=C(C)CCC=C(C)C(=O)OCCC1C(C(=O)OCCC2C(C(=O)OC)=COC(OC3OC(CO)C(O)C(O)C3O)C2C=C)=COC(OC2OC(CO)C(O)C(O)C2O)C1C=C. The summed E-state index contributed by atoms with van der Waals surface area (Å²) in [5.41, 5.74) is 0.160. The molecule has 4 fully saturated rings. The summed E-state index contributed by atoms with van der Waals surface area (Å²) in [6.07, 6.45) is -27.9. The molecule has 4 saturated heterocycles. The van der Waals surface area contributed by atoms with Crippen LogP contribution in [0.15, 0.2) is 121 Å². The third kappa shape index (κ3) is 22.3. The number of rotatable bonds is 37. The lowest BCUT2D eigenvalue weighted by Crippen LogP contribution is -2.60. The fraction of sp³-hybridized carbons (Fsp3) is 0.658. The van der Waals surface area contributed by atoms with Crippen LogP contribution in [0.2, 0.25) is 0 Å². The number of aliphatic hydroxyl groups excluding tert-OH is 16. The Kier molecular flexibility index (Phi) is 35.6. The van der Waals surface area contributed by atoms with E-state index in [1.54, 1.807) is 6.92 Å². The van der Waals surface area contributed by atoms with Crippen molar-refractivity contribution in [2.45, 2.75) is 200 Å². The van der Waals surface area contributed by atoms with Crippen molar-refractivity contribution in [1.82, 2.24) is 0 Å². The zero-order valence-electron chi connectivity index (χ0n) is 63.9. The Morgan fingerprint density at radius 2 is 0.638 bits per heavy atom. The Hall–Kier alpha value is -7.54. The number of esters is 6. The van der Waals surface area contributed by atoms with Crippen LogP contribution in [0.3, 0.4) is 0 Å². The van der Waals surface area contributed by atoms with Crippen molar-refractivity contribution in [3.05, 3.63) is 121 Å². The van der Waals surface area contributed by atoms with Crippen molar-refractivity contribution < 1.29 is 196 Å². The summed E-state index contributed by atoms with van der Waals surface area (Å²) in [6, 6.07) is 0. The Morgan fingerprint density at radius 3 is 0.905 bits per heavy atom. The van der Waals surface area contributed by atoms with Crippen LogP contribution in [0.5, 0.6) is 0 Å². The van der Waals surface area contributed by atoms with Gasteiger partial charge in [0.2, 0.25) is 25.2 Å². The average Bonchev–Trinajstić information content (AvgIpc) is 0.795. The summed E-state index contributed by atoms with van der Waals surface area (Å²) in [5.74, 6) is -13.4. The number of ether oxygens (including phenoxy) is 18. The highest BCUT2D eigenvalue weighted by molar-refractivity contribution is 5.91. The van der Waals surface area contributed by atoms with E-state index in [1.165, 1.54) is 43.4 Å². The molecule has 0 aromatic carbocycles. The van der Waals surface area contributed by atoms with Gasteiger partial charge in [0, 0.05) is 59.0 Å². The molecule has 650 valence electrons. The van der Waals surface area contributed by atoms with Gasteiger partial charge in [-0.1, -0.05) is 36.0 Å². The predicted octanol–water partition coefficient (Wildman–Crippen LogP) is -4.36. The number of hydrogen-bond acceptors (Lipinski definition) is 40. The van der Waals surface area contributed by atoms with Crippen molar-refractivity contribution in [3.8, 4) is 0 Å². The molecular weight excluding hydrogens is 1550 g/mol. The van der Waals surface area contributed by atoms with Crippen molar-refractivity contribution in [2.75, 3.05) is 67.1 Å². The van der Waals surface area contributed by atoms with Crippen LogP contribution >= 0.6 is 0 Å². The van der Waals surface area contributed by atoms with Gasteiger partial charge in [0.15, 0.2) is 25.2 Å². The van der Waals surface area contributed by atoms with Gasteiger partial charge in [0.1, 0.15) is 97.7 Å². The van der Waals surface area contributed by atoms with E-state index >= 15 is 0 Å². The maximum Gasteiger partial charge on any atom is 0.337 e. The fourth-order valence-electron chi connectivity index (χ4n) is 14.4. The molecule has 40 heteroatoms. The maximum absolute atomic E-state index is 14.3. The third-order valence-electron chi connectivity index (χ3n) is 21.2. The minimum absolute atomic E-state index is 0.0558. The standard InChI is InChI=1S/C76H106O40/c1-9-35-39(43(65(95)99-7)29-105-69(35)113-73-60(90)56(86)52(82)47(25-77)109-73)18-22-103-67(97)45-31-107-71(115-75-62(92)58(88)54(84)49(27-79)111-75)37(11-3)41(45)16-20-101-51(81)24-33(5)14-13-15-34(6)64(94)102-21-17-42-38(12-4)72(116-76-63(93)59(89)55(85)50(28-80)112-76)108-32-46(42)68(98)104-23-19-40-36(10-2)70(106-30-44(40)66(96)100-8)114-74-61(91)57(87)53(83)48(26-78)110-74/h9-12,15,24,29-32,35-42,47-50,52-63,69-80,82-93H,1-4,13-14,16-23,25-28H2,5-8H3. The molecule has 116 heavy (non-hydrogen) atoms. The molecule has 8 rings (SSSR count). The first-order valence-corrected chi connectivity index (χ1v) is 37.4. The molecule has 40 nitrogen and oxygen atoms in total. The molecule has 8 aliphatic heterocycles. The molecule has 8 aliphatic rings. The monoisotopic (exact) mass is 1660 g/mol. The van der Waals surface area contributed by atoms with E-state index in [2.05, 4.69) is 26.3 Å². The number of aliphatic hydroxyl groups is 16. The molecule has 0 aliphatic carbocycles. The molecule has 32 unspecified atom stereocenters. The van der Waals surface area contributed by atoms with E-state index in [-0.39, 0.29) is 79.6 Å². The highest BCUT2D eigenvalue weighted by atomic mass is 16.8. The lowest BCUT2D eigenvalue weighted by atomic mass is 9.81. The molecule has 0 saturated carbocycles. The van der Waals surface area contributed by atoms with Crippen LogP contribution in [0.25, 0.3) is 0 Å². The quantitative estimate of drug-likeness (QED) is 0.0121. The summed E-state index contributed by atoms with van der Waals surface area (Å²) < 4.78 is 102. The van der Waals surface area contributed by atoms with Crippen LogP contribution in [0, 0.1) is 47.3 Å². The zero-order chi connectivity index (χ0) is 85.1. The smallest absolute Gasteiger partial charge is 0.337 e. The van der Waals surface area contributed by atoms with Crippen molar-refractivity contribution in [1.29, 1.82) is 0 Å². The normalized spacial score (nSPS) is 38.0. The second-order valence-corrected chi connectivity index (χ2v) is 28.5. The molecule has 0 aromatic heterocycles. The third-order valence-corrected chi connectivity index (χ3v) is 21.2. The second kappa shape index (κ2) is 44.0. The Bertz CT molecular complexity index is 3530. The van der Waals surface area contributed by atoms with Crippen LogP contribution in [-0.2, 0) is 114 Å². The molecule has 0 bridgehead atoms. The second-order valence-electron chi connectivity index (χ2n) is 28.5. The topological polar surface area (TPSA) is 592 Å². The lowest BCUT2D eigenvalue weighted by Gasteiger charge is -2.43. The molecule has 8 heterocycles. The first-order chi connectivity index (χ1) is 55.4. The molecule has 0 amide bonds. The number of hydrogen-bond donors (Lipinski definition) is 16. The summed E-state index contributed by atoms with van der Waals surface area (Å²) >= 11 is 0. The first kappa shape index (κ1) is 94.0. The zero-order valence-corrected chi connectivity index (χ0v) is 63.9. The van der Waals surface area contributed by atoms with Gasteiger partial charge >= 0.3 is 35.8 Å². The van der Waals surface area contributed by atoms with E-state index in [4.69, 9.17) is 85.3 Å². The van der Waals surface area contributed by atoms with Crippen LogP contribution in [0.1, 0.15) is 52.4 Å². The summed E-state index contributed by atoms with van der Waals surface area (Å²) in [7, 11) is 2.22. The van der Waals surface area contributed by atoms with Gasteiger partial charge in [-0.3, -0.25) is 0 Å². The molecular formula is C76H106O40. The maximum atomic E-state index is 14.3. The molecule has 0 radical (unpaired) electrons. The van der Waals surface area contributed by atoms with Crippen LogP contribution < -0.4 is 0 Å². The number of carbonyl (C=O) groups is 6. The van der Waals surface area contributed by atoms with E-state index in [0.717, 1.165) is 39.3 Å². The minimum atomic E-state index is -1.89. The fourth-order valence-corrected chi connectivity index (χ4v) is 14.4. The molecule has 32 atom stereocenters. The van der Waals surface area contributed by atoms with E-state index in [1.807, 2.05) is 0 Å². The highest BCUT2D eigenvalue weighted by Gasteiger charge is 2.53. The number of allylic oxidation sites excluding steroid dienone is 2. The van der Waals surface area contributed by atoms with Gasteiger partial charge in [-0.25, -0.2) is 28.8 Å².